The van der Waals surface area contributed by atoms with Crippen LogP contribution in [0, 0.1) is 0 Å². The molecule has 0 amide bonds. The van der Waals surface area contributed by atoms with Crippen LogP contribution < -0.4 is 0 Å². The number of hydrogen-bond acceptors (Lipinski definition) is 3. The number of aromatic nitrogens is 1. The van der Waals surface area contributed by atoms with Crippen molar-refractivity contribution < 1.29 is 23.4 Å². The first-order valence-electron chi connectivity index (χ1n) is 4.28. The Morgan fingerprint density at radius 2 is 2.07 bits per heavy atom. The maximum Gasteiger partial charge on any atom is 0.418 e. The standard InChI is InChI=1S/C9H10F3NO2/c10-9(11,12)6-2-1-4-13-8(6)7(15)3-5-14/h1-2,4,7,14-15H,3,5H2. The highest BCUT2D eigenvalue weighted by atomic mass is 19.4. The number of aliphatic hydroxyl groups is 2. The lowest BCUT2D eigenvalue weighted by Gasteiger charge is -2.15. The number of pyridine rings is 1. The fourth-order valence-corrected chi connectivity index (χ4v) is 1.18. The molecule has 1 atom stereocenters. The first kappa shape index (κ1) is 11.9. The molecular weight excluding hydrogens is 211 g/mol. The molecule has 1 unspecified atom stereocenters. The molecule has 0 saturated carbocycles. The van der Waals surface area contributed by atoms with Crippen molar-refractivity contribution in [3.63, 3.8) is 0 Å². The highest BCUT2D eigenvalue weighted by Gasteiger charge is 2.35. The van der Waals surface area contributed by atoms with Gasteiger partial charge in [-0.1, -0.05) is 0 Å². The highest BCUT2D eigenvalue weighted by Crippen LogP contribution is 2.33. The van der Waals surface area contributed by atoms with Crippen molar-refractivity contribution in [3.8, 4) is 0 Å². The van der Waals surface area contributed by atoms with Gasteiger partial charge in [0.05, 0.1) is 17.4 Å². The van der Waals surface area contributed by atoms with Crippen LogP contribution in [-0.2, 0) is 6.18 Å². The van der Waals surface area contributed by atoms with Gasteiger partial charge in [-0.3, -0.25) is 4.98 Å². The first-order valence-corrected chi connectivity index (χ1v) is 4.28. The summed E-state index contributed by atoms with van der Waals surface area (Å²) in [5.41, 5.74) is -1.41. The quantitative estimate of drug-likeness (QED) is 0.813. The predicted molar refractivity (Wildman–Crippen MR) is 45.9 cm³/mol. The SMILES string of the molecule is OCCC(O)c1ncccc1C(F)(F)F. The van der Waals surface area contributed by atoms with Crippen LogP contribution in [0.1, 0.15) is 23.8 Å². The molecule has 6 heteroatoms. The Morgan fingerprint density at radius 3 is 2.60 bits per heavy atom. The van der Waals surface area contributed by atoms with Crippen LogP contribution in [0.5, 0.6) is 0 Å². The number of nitrogens with zero attached hydrogens (tertiary/aromatic N) is 1. The third kappa shape index (κ3) is 2.90. The second-order valence-corrected chi connectivity index (χ2v) is 2.96. The molecule has 0 saturated heterocycles. The largest absolute Gasteiger partial charge is 0.418 e. The van der Waals surface area contributed by atoms with Gasteiger partial charge in [0, 0.05) is 19.2 Å². The number of aliphatic hydroxyl groups excluding tert-OH is 2. The second-order valence-electron chi connectivity index (χ2n) is 2.96. The predicted octanol–water partition coefficient (Wildman–Crippen LogP) is 1.52. The molecule has 2 N–H and O–H groups in total. The molecule has 0 aliphatic carbocycles. The third-order valence-electron chi connectivity index (χ3n) is 1.86. The van der Waals surface area contributed by atoms with E-state index in [4.69, 9.17) is 5.11 Å². The molecule has 0 fully saturated rings. The van der Waals surface area contributed by atoms with E-state index >= 15 is 0 Å². The van der Waals surface area contributed by atoms with E-state index < -0.39 is 30.1 Å². The Labute approximate surface area is 84.2 Å². The molecule has 1 aromatic rings. The Bertz CT molecular complexity index is 327. The zero-order valence-corrected chi connectivity index (χ0v) is 7.70. The van der Waals surface area contributed by atoms with Gasteiger partial charge in [0.1, 0.15) is 0 Å². The van der Waals surface area contributed by atoms with Gasteiger partial charge < -0.3 is 10.2 Å². The average molecular weight is 221 g/mol. The summed E-state index contributed by atoms with van der Waals surface area (Å²) in [6, 6.07) is 2.00. The van der Waals surface area contributed by atoms with Gasteiger partial charge in [-0.2, -0.15) is 13.2 Å². The number of halogens is 3. The third-order valence-corrected chi connectivity index (χ3v) is 1.86. The molecule has 1 rings (SSSR count). The lowest BCUT2D eigenvalue weighted by Crippen LogP contribution is -2.14. The molecule has 3 nitrogen and oxygen atoms in total. The van der Waals surface area contributed by atoms with Crippen LogP contribution in [0.3, 0.4) is 0 Å². The second kappa shape index (κ2) is 4.59. The maximum absolute atomic E-state index is 12.4. The van der Waals surface area contributed by atoms with E-state index in [2.05, 4.69) is 4.98 Å². The van der Waals surface area contributed by atoms with Crippen molar-refractivity contribution >= 4 is 0 Å². The highest BCUT2D eigenvalue weighted by molar-refractivity contribution is 5.24. The van der Waals surface area contributed by atoms with E-state index in [-0.39, 0.29) is 6.42 Å². The van der Waals surface area contributed by atoms with Gasteiger partial charge in [-0.05, 0) is 12.1 Å². The van der Waals surface area contributed by atoms with Crippen molar-refractivity contribution in [1.29, 1.82) is 0 Å². The molecule has 0 aliphatic heterocycles. The zero-order valence-electron chi connectivity index (χ0n) is 7.70. The summed E-state index contributed by atoms with van der Waals surface area (Å²) in [6.07, 6.45) is -4.93. The molecule has 15 heavy (non-hydrogen) atoms. The summed E-state index contributed by atoms with van der Waals surface area (Å²) in [7, 11) is 0. The summed E-state index contributed by atoms with van der Waals surface area (Å²) in [4.78, 5) is 3.48. The van der Waals surface area contributed by atoms with Gasteiger partial charge in [-0.15, -0.1) is 0 Å². The molecule has 1 aromatic heterocycles. The van der Waals surface area contributed by atoms with E-state index in [0.717, 1.165) is 12.1 Å². The summed E-state index contributed by atoms with van der Waals surface area (Å²) in [5.74, 6) is 0. The van der Waals surface area contributed by atoms with Gasteiger partial charge in [-0.25, -0.2) is 0 Å². The summed E-state index contributed by atoms with van der Waals surface area (Å²) < 4.78 is 37.3. The van der Waals surface area contributed by atoms with E-state index in [1.165, 1.54) is 6.20 Å². The van der Waals surface area contributed by atoms with Gasteiger partial charge in [0.25, 0.3) is 0 Å². The average Bonchev–Trinajstić information content (AvgIpc) is 2.17. The molecule has 0 spiro atoms. The van der Waals surface area contributed by atoms with Crippen molar-refractivity contribution in [2.24, 2.45) is 0 Å². The fourth-order valence-electron chi connectivity index (χ4n) is 1.18. The van der Waals surface area contributed by atoms with E-state index in [0.29, 0.717) is 0 Å². The lowest BCUT2D eigenvalue weighted by molar-refractivity contribution is -0.139. The first-order chi connectivity index (χ1) is 6.96. The van der Waals surface area contributed by atoms with Gasteiger partial charge >= 0.3 is 6.18 Å². The van der Waals surface area contributed by atoms with E-state index in [9.17, 15) is 18.3 Å². The van der Waals surface area contributed by atoms with E-state index in [1.807, 2.05) is 0 Å². The van der Waals surface area contributed by atoms with E-state index in [1.54, 1.807) is 0 Å². The summed E-state index contributed by atoms with van der Waals surface area (Å²) >= 11 is 0. The van der Waals surface area contributed by atoms with Crippen LogP contribution in [0.25, 0.3) is 0 Å². The topological polar surface area (TPSA) is 53.4 Å². The summed E-state index contributed by atoms with van der Waals surface area (Å²) in [6.45, 7) is -0.394. The van der Waals surface area contributed by atoms with Crippen LogP contribution >= 0.6 is 0 Å². The van der Waals surface area contributed by atoms with Crippen LogP contribution in [0.4, 0.5) is 13.2 Å². The maximum atomic E-state index is 12.4. The number of rotatable bonds is 3. The smallest absolute Gasteiger partial charge is 0.396 e. The zero-order chi connectivity index (χ0) is 11.5. The van der Waals surface area contributed by atoms with Crippen molar-refractivity contribution in [2.45, 2.75) is 18.7 Å². The summed E-state index contributed by atoms with van der Waals surface area (Å²) in [5, 5.41) is 17.9. The van der Waals surface area contributed by atoms with Crippen LogP contribution in [-0.4, -0.2) is 21.8 Å². The monoisotopic (exact) mass is 221 g/mol. The molecular formula is C9H10F3NO2. The van der Waals surface area contributed by atoms with Gasteiger partial charge in [0.15, 0.2) is 0 Å². The lowest BCUT2D eigenvalue weighted by atomic mass is 10.1. The molecule has 0 bridgehead atoms. The Hall–Kier alpha value is -1.14. The Balaban J connectivity index is 3.06. The minimum atomic E-state index is -4.54. The molecule has 0 radical (unpaired) electrons. The molecule has 0 aliphatic rings. The minimum absolute atomic E-state index is 0.167. The van der Waals surface area contributed by atoms with Crippen molar-refractivity contribution in [1.82, 2.24) is 4.98 Å². The number of hydrogen-bond donors (Lipinski definition) is 2. The minimum Gasteiger partial charge on any atom is -0.396 e. The van der Waals surface area contributed by atoms with Crippen molar-refractivity contribution in [3.05, 3.63) is 29.6 Å². The Morgan fingerprint density at radius 1 is 1.40 bits per heavy atom. The normalized spacial score (nSPS) is 13.9. The molecule has 84 valence electrons. The van der Waals surface area contributed by atoms with Gasteiger partial charge in [0.2, 0.25) is 0 Å². The molecule has 0 aromatic carbocycles. The molecule has 1 heterocycles. The van der Waals surface area contributed by atoms with Crippen LogP contribution in [0.2, 0.25) is 0 Å². The van der Waals surface area contributed by atoms with Crippen molar-refractivity contribution in [2.75, 3.05) is 6.61 Å². The Kier molecular flexibility index (Phi) is 3.65. The number of alkyl halides is 3. The fraction of sp³-hybridized carbons (Fsp3) is 0.444. The van der Waals surface area contributed by atoms with Crippen LogP contribution in [0.15, 0.2) is 18.3 Å².